The number of carboxylic acid groups (broad SMARTS) is 1. The first kappa shape index (κ1) is 18.9. The number of piperazine rings is 1. The minimum absolute atomic E-state index is 0.188. The van der Waals surface area contributed by atoms with E-state index >= 15 is 0 Å². The van der Waals surface area contributed by atoms with Gasteiger partial charge in [0.15, 0.2) is 0 Å². The highest BCUT2D eigenvalue weighted by Crippen LogP contribution is 2.48. The van der Waals surface area contributed by atoms with Gasteiger partial charge in [0.25, 0.3) is 0 Å². The molecule has 0 unspecified atom stereocenters. The lowest BCUT2D eigenvalue weighted by molar-refractivity contribution is -0.133. The van der Waals surface area contributed by atoms with Crippen molar-refractivity contribution in [2.24, 2.45) is 5.73 Å². The van der Waals surface area contributed by atoms with Crippen LogP contribution in [0.5, 0.6) is 0 Å². The molecule has 0 radical (unpaired) electrons. The minimum Gasteiger partial charge on any atom is -0.465 e. The number of carbonyl (C=O) groups excluding carboxylic acids is 1. The van der Waals surface area contributed by atoms with Crippen molar-refractivity contribution in [1.82, 2.24) is 9.80 Å². The van der Waals surface area contributed by atoms with E-state index in [1.165, 1.54) is 9.80 Å². The van der Waals surface area contributed by atoms with Crippen LogP contribution in [0.2, 0.25) is 0 Å². The molecule has 10 heteroatoms. The maximum Gasteiger partial charge on any atom is 0.407 e. The number of hydrogen-bond donors (Lipinski definition) is 2. The molecule has 128 valence electrons. The van der Waals surface area contributed by atoms with E-state index in [2.05, 4.69) is 0 Å². The average Bonchev–Trinajstić information content (AvgIpc) is 2.46. The Bertz CT molecular complexity index is 429. The normalized spacial score (nSPS) is 17.4. The third kappa shape index (κ3) is 5.24. The summed E-state index contributed by atoms with van der Waals surface area (Å²) in [5.74, 6) is -0.371. The topological polar surface area (TPSA) is 122 Å². The van der Waals surface area contributed by atoms with Gasteiger partial charge in [0.2, 0.25) is 5.91 Å². The highest BCUT2D eigenvalue weighted by Gasteiger charge is 2.33. The van der Waals surface area contributed by atoms with Crippen molar-refractivity contribution >= 4 is 19.6 Å². The number of carbonyl (C=O) groups is 2. The molecule has 1 fully saturated rings. The van der Waals surface area contributed by atoms with E-state index in [9.17, 15) is 14.2 Å². The summed E-state index contributed by atoms with van der Waals surface area (Å²) < 4.78 is 22.6. The fourth-order valence-corrected chi connectivity index (χ4v) is 3.92. The Kier molecular flexibility index (Phi) is 7.28. The number of nitrogens with zero attached hydrogens (tertiary/aromatic N) is 2. The largest absolute Gasteiger partial charge is 0.465 e. The summed E-state index contributed by atoms with van der Waals surface area (Å²) in [6.07, 6.45) is -1.19. The Balaban J connectivity index is 2.58. The van der Waals surface area contributed by atoms with Gasteiger partial charge in [0.1, 0.15) is 0 Å². The van der Waals surface area contributed by atoms with E-state index in [-0.39, 0.29) is 51.5 Å². The van der Waals surface area contributed by atoms with Crippen molar-refractivity contribution in [3.63, 3.8) is 0 Å². The molecule has 0 spiro atoms. The van der Waals surface area contributed by atoms with Crippen LogP contribution in [-0.2, 0) is 18.4 Å². The summed E-state index contributed by atoms with van der Waals surface area (Å²) in [7, 11) is -3.39. The third-order valence-electron chi connectivity index (χ3n) is 3.25. The molecule has 0 aromatic rings. The summed E-state index contributed by atoms with van der Waals surface area (Å²) >= 11 is 0. The molecule has 1 aliphatic rings. The van der Waals surface area contributed by atoms with Crippen LogP contribution in [0.3, 0.4) is 0 Å². The first-order valence-corrected chi connectivity index (χ1v) is 8.96. The van der Waals surface area contributed by atoms with Crippen LogP contribution in [-0.4, -0.2) is 78.5 Å². The van der Waals surface area contributed by atoms with Gasteiger partial charge in [0.05, 0.1) is 25.4 Å². The highest BCUT2D eigenvalue weighted by molar-refractivity contribution is 7.53. The van der Waals surface area contributed by atoms with E-state index in [1.807, 2.05) is 0 Å². The van der Waals surface area contributed by atoms with Crippen LogP contribution in [0, 0.1) is 0 Å². The number of hydrogen-bond acceptors (Lipinski definition) is 6. The SMILES string of the molecule is CCOP(=O)(C[C@H](N)C(=O)N1CCN(C(=O)O)CC1)OCC. The van der Waals surface area contributed by atoms with Crippen molar-refractivity contribution in [3.05, 3.63) is 0 Å². The van der Waals surface area contributed by atoms with Crippen LogP contribution >= 0.6 is 7.60 Å². The fraction of sp³-hybridized carbons (Fsp3) is 0.833. The average molecular weight is 337 g/mol. The molecular formula is C12H24N3O6P. The summed E-state index contributed by atoms with van der Waals surface area (Å²) in [4.78, 5) is 25.8. The molecule has 1 saturated heterocycles. The Morgan fingerprint density at radius 3 is 2.00 bits per heavy atom. The molecule has 1 rings (SSSR count). The van der Waals surface area contributed by atoms with E-state index in [0.717, 1.165) is 0 Å². The molecule has 0 aliphatic carbocycles. The van der Waals surface area contributed by atoms with E-state index in [4.69, 9.17) is 19.9 Å². The predicted molar refractivity (Wildman–Crippen MR) is 79.9 cm³/mol. The quantitative estimate of drug-likeness (QED) is 0.645. The molecule has 2 amide bonds. The zero-order chi connectivity index (χ0) is 16.8. The van der Waals surface area contributed by atoms with Crippen molar-refractivity contribution < 1.29 is 28.3 Å². The second kappa shape index (κ2) is 8.47. The van der Waals surface area contributed by atoms with Gasteiger partial charge in [-0.25, -0.2) is 4.79 Å². The summed E-state index contributed by atoms with van der Waals surface area (Å²) in [5, 5.41) is 8.87. The Morgan fingerprint density at radius 1 is 1.14 bits per heavy atom. The zero-order valence-corrected chi connectivity index (χ0v) is 13.8. The first-order valence-electron chi connectivity index (χ1n) is 7.23. The molecule has 1 aliphatic heterocycles. The molecule has 0 aromatic carbocycles. The smallest absolute Gasteiger partial charge is 0.407 e. The Hall–Kier alpha value is -1.15. The molecule has 0 bridgehead atoms. The second-order valence-electron chi connectivity index (χ2n) is 4.83. The molecular weight excluding hydrogens is 313 g/mol. The van der Waals surface area contributed by atoms with Crippen LogP contribution in [0.4, 0.5) is 4.79 Å². The number of rotatable bonds is 7. The van der Waals surface area contributed by atoms with Gasteiger partial charge in [-0.3, -0.25) is 9.36 Å². The van der Waals surface area contributed by atoms with E-state index < -0.39 is 19.7 Å². The minimum atomic E-state index is -3.39. The van der Waals surface area contributed by atoms with Crippen LogP contribution in [0.1, 0.15) is 13.8 Å². The lowest BCUT2D eigenvalue weighted by Gasteiger charge is -2.34. The molecule has 22 heavy (non-hydrogen) atoms. The van der Waals surface area contributed by atoms with E-state index in [1.54, 1.807) is 13.8 Å². The molecule has 1 heterocycles. The van der Waals surface area contributed by atoms with Crippen molar-refractivity contribution in [2.75, 3.05) is 45.6 Å². The van der Waals surface area contributed by atoms with Gasteiger partial charge in [-0.05, 0) is 13.8 Å². The second-order valence-corrected chi connectivity index (χ2v) is 6.93. The predicted octanol–water partition coefficient (Wildman–Crippen LogP) is 0.402. The highest BCUT2D eigenvalue weighted by atomic mass is 31.2. The molecule has 0 aromatic heterocycles. The summed E-state index contributed by atoms with van der Waals surface area (Å²) in [5.41, 5.74) is 5.84. The van der Waals surface area contributed by atoms with Gasteiger partial charge in [0, 0.05) is 26.2 Å². The van der Waals surface area contributed by atoms with Gasteiger partial charge in [-0.15, -0.1) is 0 Å². The lowest BCUT2D eigenvalue weighted by Crippen LogP contribution is -2.54. The molecule has 1 atom stereocenters. The van der Waals surface area contributed by atoms with Crippen molar-refractivity contribution in [3.8, 4) is 0 Å². The van der Waals surface area contributed by atoms with Crippen LogP contribution in [0.15, 0.2) is 0 Å². The molecule has 0 saturated carbocycles. The van der Waals surface area contributed by atoms with Crippen LogP contribution < -0.4 is 5.73 Å². The Morgan fingerprint density at radius 2 is 1.59 bits per heavy atom. The van der Waals surface area contributed by atoms with Crippen molar-refractivity contribution in [1.29, 1.82) is 0 Å². The van der Waals surface area contributed by atoms with E-state index in [0.29, 0.717) is 0 Å². The van der Waals surface area contributed by atoms with Gasteiger partial charge in [-0.2, -0.15) is 0 Å². The third-order valence-corrected chi connectivity index (χ3v) is 5.39. The van der Waals surface area contributed by atoms with Crippen LogP contribution in [0.25, 0.3) is 0 Å². The van der Waals surface area contributed by atoms with Gasteiger partial charge < -0.3 is 29.7 Å². The first-order chi connectivity index (χ1) is 10.3. The van der Waals surface area contributed by atoms with Gasteiger partial charge >= 0.3 is 13.7 Å². The summed E-state index contributed by atoms with van der Waals surface area (Å²) in [6.45, 7) is 4.79. The maximum atomic E-state index is 12.4. The fourth-order valence-electron chi connectivity index (χ4n) is 2.21. The standard InChI is InChI=1S/C12H24N3O6P/c1-3-20-22(19,21-4-2)9-10(13)11(16)14-5-7-15(8-6-14)12(17)18/h10H,3-9,13H2,1-2H3,(H,17,18)/t10-/m0/s1. The van der Waals surface area contributed by atoms with Gasteiger partial charge in [-0.1, -0.05) is 0 Å². The zero-order valence-electron chi connectivity index (χ0n) is 12.9. The number of nitrogens with two attached hydrogens (primary N) is 1. The Labute approximate surface area is 129 Å². The monoisotopic (exact) mass is 337 g/mol. The number of amides is 2. The molecule has 3 N–H and O–H groups in total. The summed E-state index contributed by atoms with van der Waals surface area (Å²) in [6, 6.07) is -1.000. The maximum absolute atomic E-state index is 12.4. The van der Waals surface area contributed by atoms with Crippen molar-refractivity contribution in [2.45, 2.75) is 19.9 Å². The molecule has 9 nitrogen and oxygen atoms in total. The lowest BCUT2D eigenvalue weighted by atomic mass is 10.2.